The molecule has 0 bridgehead atoms. The van der Waals surface area contributed by atoms with Crippen molar-refractivity contribution in [3.63, 3.8) is 0 Å². The summed E-state index contributed by atoms with van der Waals surface area (Å²) in [5.74, 6) is 0. The molecule has 0 saturated carbocycles. The quantitative estimate of drug-likeness (QED) is 0.882. The fraction of sp³-hybridized carbons (Fsp3) is 0.200. The third-order valence-corrected chi connectivity index (χ3v) is 5.57. The first-order chi connectivity index (χ1) is 9.95. The lowest BCUT2D eigenvalue weighted by molar-refractivity contribution is 0.466. The van der Waals surface area contributed by atoms with Crippen molar-refractivity contribution in [2.45, 2.75) is 18.0 Å². The molecule has 0 aliphatic rings. The summed E-state index contributed by atoms with van der Waals surface area (Å²) in [6.07, 6.45) is 0. The Morgan fingerprint density at radius 1 is 1.14 bits per heavy atom. The molecule has 6 heteroatoms. The summed E-state index contributed by atoms with van der Waals surface area (Å²) in [5.41, 5.74) is 7.17. The van der Waals surface area contributed by atoms with Crippen LogP contribution in [-0.2, 0) is 23.1 Å². The summed E-state index contributed by atoms with van der Waals surface area (Å²) in [7, 11) is -1.98. The van der Waals surface area contributed by atoms with Crippen LogP contribution in [0.25, 0.3) is 0 Å². The Hall–Kier alpha value is -1.21. The number of hydrogen-bond acceptors (Lipinski definition) is 3. The Balaban J connectivity index is 2.31. The summed E-state index contributed by atoms with van der Waals surface area (Å²) in [6, 6.07) is 14.4. The van der Waals surface area contributed by atoms with Crippen molar-refractivity contribution in [2.24, 2.45) is 5.73 Å². The molecule has 0 atom stereocenters. The van der Waals surface area contributed by atoms with E-state index in [4.69, 9.17) is 5.73 Å². The molecule has 2 rings (SSSR count). The van der Waals surface area contributed by atoms with Crippen molar-refractivity contribution >= 4 is 26.0 Å². The molecule has 0 aliphatic heterocycles. The smallest absolute Gasteiger partial charge is 0.243 e. The highest BCUT2D eigenvalue weighted by Gasteiger charge is 2.23. The van der Waals surface area contributed by atoms with Gasteiger partial charge in [0.25, 0.3) is 0 Å². The van der Waals surface area contributed by atoms with Gasteiger partial charge in [-0.2, -0.15) is 4.31 Å². The molecular formula is C15H17BrN2O2S. The molecule has 2 aromatic rings. The predicted molar refractivity (Wildman–Crippen MR) is 87.1 cm³/mol. The standard InChI is InChI=1S/C15H17BrN2O2S/c1-18(11-12-5-4-7-14(16)9-12)21(19,20)15-8-3-2-6-13(15)10-17/h2-9H,10-11,17H2,1H3. The molecule has 21 heavy (non-hydrogen) atoms. The lowest BCUT2D eigenvalue weighted by Crippen LogP contribution is -2.27. The highest BCUT2D eigenvalue weighted by molar-refractivity contribution is 9.10. The van der Waals surface area contributed by atoms with E-state index in [9.17, 15) is 8.42 Å². The predicted octanol–water partition coefficient (Wildman–Crippen LogP) is 2.73. The minimum atomic E-state index is -3.55. The SMILES string of the molecule is CN(Cc1cccc(Br)c1)S(=O)(=O)c1ccccc1CN. The molecule has 4 nitrogen and oxygen atoms in total. The zero-order chi connectivity index (χ0) is 15.5. The van der Waals surface area contributed by atoms with E-state index in [1.165, 1.54) is 4.31 Å². The van der Waals surface area contributed by atoms with Crippen molar-refractivity contribution in [3.05, 3.63) is 64.1 Å². The van der Waals surface area contributed by atoms with E-state index in [-0.39, 0.29) is 11.4 Å². The van der Waals surface area contributed by atoms with Crippen LogP contribution in [0.4, 0.5) is 0 Å². The first kappa shape index (κ1) is 16.2. The number of benzene rings is 2. The molecule has 0 amide bonds. The van der Waals surface area contributed by atoms with Crippen LogP contribution in [0.5, 0.6) is 0 Å². The monoisotopic (exact) mass is 368 g/mol. The molecule has 2 aromatic carbocycles. The van der Waals surface area contributed by atoms with Crippen LogP contribution >= 0.6 is 15.9 Å². The second-order valence-electron chi connectivity index (χ2n) is 4.70. The third-order valence-electron chi connectivity index (χ3n) is 3.18. The second-order valence-corrected chi connectivity index (χ2v) is 7.63. The lowest BCUT2D eigenvalue weighted by atomic mass is 10.2. The summed E-state index contributed by atoms with van der Waals surface area (Å²) in [5, 5.41) is 0. The van der Waals surface area contributed by atoms with E-state index in [0.29, 0.717) is 12.1 Å². The van der Waals surface area contributed by atoms with Crippen LogP contribution < -0.4 is 5.73 Å². The van der Waals surface area contributed by atoms with Gasteiger partial charge in [0.05, 0.1) is 4.90 Å². The van der Waals surface area contributed by atoms with Crippen LogP contribution in [0.2, 0.25) is 0 Å². The van der Waals surface area contributed by atoms with Crippen LogP contribution in [0, 0.1) is 0 Å². The van der Waals surface area contributed by atoms with Crippen LogP contribution in [-0.4, -0.2) is 19.8 Å². The van der Waals surface area contributed by atoms with Crippen molar-refractivity contribution in [1.82, 2.24) is 4.31 Å². The van der Waals surface area contributed by atoms with Crippen molar-refractivity contribution in [2.75, 3.05) is 7.05 Å². The van der Waals surface area contributed by atoms with E-state index in [2.05, 4.69) is 15.9 Å². The van der Waals surface area contributed by atoms with Gasteiger partial charge in [-0.1, -0.05) is 46.3 Å². The minimum absolute atomic E-state index is 0.195. The van der Waals surface area contributed by atoms with Gasteiger partial charge in [0, 0.05) is 24.6 Å². The number of rotatable bonds is 5. The van der Waals surface area contributed by atoms with Gasteiger partial charge in [0.2, 0.25) is 10.0 Å². The maximum atomic E-state index is 12.7. The first-order valence-electron chi connectivity index (χ1n) is 6.44. The summed E-state index contributed by atoms with van der Waals surface area (Å²) < 4.78 is 27.6. The molecular weight excluding hydrogens is 352 g/mol. The largest absolute Gasteiger partial charge is 0.326 e. The number of nitrogens with two attached hydrogens (primary N) is 1. The molecule has 0 aromatic heterocycles. The van der Waals surface area contributed by atoms with Gasteiger partial charge in [-0.05, 0) is 29.3 Å². The van der Waals surface area contributed by atoms with E-state index < -0.39 is 10.0 Å². The van der Waals surface area contributed by atoms with Crippen molar-refractivity contribution in [3.8, 4) is 0 Å². The van der Waals surface area contributed by atoms with Crippen LogP contribution in [0.3, 0.4) is 0 Å². The maximum Gasteiger partial charge on any atom is 0.243 e. The number of sulfonamides is 1. The van der Waals surface area contributed by atoms with Gasteiger partial charge in [0.15, 0.2) is 0 Å². The summed E-state index contributed by atoms with van der Waals surface area (Å²) in [6.45, 7) is 0.501. The average Bonchev–Trinajstić information content (AvgIpc) is 2.47. The van der Waals surface area contributed by atoms with Gasteiger partial charge in [-0.25, -0.2) is 8.42 Å². The minimum Gasteiger partial charge on any atom is -0.326 e. The van der Waals surface area contributed by atoms with Crippen molar-refractivity contribution in [1.29, 1.82) is 0 Å². The average molecular weight is 369 g/mol. The highest BCUT2D eigenvalue weighted by Crippen LogP contribution is 2.21. The van der Waals surface area contributed by atoms with Gasteiger partial charge in [0.1, 0.15) is 0 Å². The molecule has 0 spiro atoms. The Morgan fingerprint density at radius 2 is 1.86 bits per heavy atom. The van der Waals surface area contributed by atoms with Gasteiger partial charge < -0.3 is 5.73 Å². The zero-order valence-electron chi connectivity index (χ0n) is 11.7. The Bertz CT molecular complexity index is 732. The Morgan fingerprint density at radius 3 is 2.52 bits per heavy atom. The molecule has 0 saturated heterocycles. The van der Waals surface area contributed by atoms with Crippen molar-refractivity contribution < 1.29 is 8.42 Å². The highest BCUT2D eigenvalue weighted by atomic mass is 79.9. The van der Waals surface area contributed by atoms with E-state index in [1.54, 1.807) is 31.3 Å². The topological polar surface area (TPSA) is 63.4 Å². The fourth-order valence-corrected chi connectivity index (χ4v) is 3.90. The normalized spacial score (nSPS) is 11.8. The number of halogens is 1. The van der Waals surface area contributed by atoms with Crippen LogP contribution in [0.1, 0.15) is 11.1 Å². The number of nitrogens with zero attached hydrogens (tertiary/aromatic N) is 1. The second kappa shape index (κ2) is 6.70. The van der Waals surface area contributed by atoms with E-state index in [1.807, 2.05) is 24.3 Å². The zero-order valence-corrected chi connectivity index (χ0v) is 14.1. The van der Waals surface area contributed by atoms with Crippen LogP contribution in [0.15, 0.2) is 57.9 Å². The van der Waals surface area contributed by atoms with Gasteiger partial charge >= 0.3 is 0 Å². The first-order valence-corrected chi connectivity index (χ1v) is 8.67. The third kappa shape index (κ3) is 3.71. The Labute approximate surface area is 133 Å². The molecule has 0 unspecified atom stereocenters. The molecule has 2 N–H and O–H groups in total. The summed E-state index contributed by atoms with van der Waals surface area (Å²) >= 11 is 3.39. The molecule has 0 fully saturated rings. The molecule has 0 aliphatic carbocycles. The van der Waals surface area contributed by atoms with Gasteiger partial charge in [-0.3, -0.25) is 0 Å². The fourth-order valence-electron chi connectivity index (χ4n) is 2.07. The van der Waals surface area contributed by atoms with Gasteiger partial charge in [-0.15, -0.1) is 0 Å². The van der Waals surface area contributed by atoms with E-state index in [0.717, 1.165) is 10.0 Å². The molecule has 0 radical (unpaired) electrons. The summed E-state index contributed by atoms with van der Waals surface area (Å²) in [4.78, 5) is 0.269. The molecule has 0 heterocycles. The van der Waals surface area contributed by atoms with E-state index >= 15 is 0 Å². The Kier molecular flexibility index (Phi) is 5.16. The molecule has 112 valence electrons. The number of hydrogen-bond donors (Lipinski definition) is 1. The maximum absolute atomic E-state index is 12.7. The lowest BCUT2D eigenvalue weighted by Gasteiger charge is -2.19.